The van der Waals surface area contributed by atoms with Crippen molar-refractivity contribution in [1.82, 2.24) is 0 Å². The van der Waals surface area contributed by atoms with Crippen molar-refractivity contribution in [2.75, 3.05) is 20.6 Å². The van der Waals surface area contributed by atoms with E-state index in [1.54, 1.807) is 24.3 Å². The van der Waals surface area contributed by atoms with E-state index in [0.29, 0.717) is 4.48 Å². The highest BCUT2D eigenvalue weighted by Crippen LogP contribution is 2.25. The molecule has 0 aromatic heterocycles. The molecule has 2 rings (SSSR count). The normalized spacial score (nSPS) is 23.2. The van der Waals surface area contributed by atoms with Crippen LogP contribution in [-0.4, -0.2) is 39.8 Å². The van der Waals surface area contributed by atoms with Gasteiger partial charge in [-0.25, -0.2) is 4.18 Å². The minimum atomic E-state index is -3.68. The molecule has 1 aliphatic rings. The predicted molar refractivity (Wildman–Crippen MR) is 78.7 cm³/mol. The molecule has 1 aromatic carbocycles. The summed E-state index contributed by atoms with van der Waals surface area (Å²) in [6, 6.07) is 6.81. The summed E-state index contributed by atoms with van der Waals surface area (Å²) in [5, 5.41) is 0. The summed E-state index contributed by atoms with van der Waals surface area (Å²) >= 11 is 0. The number of benzene rings is 1. The molecule has 5 heteroatoms. The molecule has 1 fully saturated rings. The lowest BCUT2D eigenvalue weighted by atomic mass is 10.2. The first-order chi connectivity index (χ1) is 9.31. The maximum atomic E-state index is 12.4. The minimum Gasteiger partial charge on any atom is -0.302 e. The van der Waals surface area contributed by atoms with Crippen LogP contribution in [0.4, 0.5) is 0 Å². The van der Waals surface area contributed by atoms with E-state index in [-0.39, 0.29) is 11.1 Å². The monoisotopic (exact) mass is 298 g/mol. The van der Waals surface area contributed by atoms with Crippen molar-refractivity contribution >= 4 is 10.1 Å². The van der Waals surface area contributed by atoms with Gasteiger partial charge in [-0.05, 0) is 38.3 Å². The number of nitrogens with zero attached hydrogens (tertiary/aromatic N) is 1. The first kappa shape index (κ1) is 15.5. The Balaban J connectivity index is 2.20. The first-order valence-corrected chi connectivity index (χ1v) is 8.55. The van der Waals surface area contributed by atoms with Gasteiger partial charge in [0.05, 0.1) is 25.5 Å². The van der Waals surface area contributed by atoms with Crippen LogP contribution in [0.15, 0.2) is 29.2 Å². The summed E-state index contributed by atoms with van der Waals surface area (Å²) in [6.45, 7) is 2.89. The van der Waals surface area contributed by atoms with Gasteiger partial charge in [-0.1, -0.05) is 17.7 Å². The van der Waals surface area contributed by atoms with Crippen LogP contribution in [0.2, 0.25) is 0 Å². The molecule has 1 atom stereocenters. The van der Waals surface area contributed by atoms with Crippen LogP contribution in [0.3, 0.4) is 0 Å². The predicted octanol–water partition coefficient (Wildman–Crippen LogP) is 2.68. The third-order valence-corrected chi connectivity index (χ3v) is 5.34. The molecule has 4 nitrogen and oxygen atoms in total. The maximum absolute atomic E-state index is 12.4. The van der Waals surface area contributed by atoms with Crippen molar-refractivity contribution in [2.45, 2.75) is 43.7 Å². The molecule has 0 saturated carbocycles. The molecular formula is C15H24NO3S+. The Morgan fingerprint density at radius 1 is 1.10 bits per heavy atom. The highest BCUT2D eigenvalue weighted by Gasteiger charge is 2.35. The lowest BCUT2D eigenvalue weighted by Gasteiger charge is -2.35. The number of quaternary nitrogens is 1. The summed E-state index contributed by atoms with van der Waals surface area (Å²) < 4.78 is 30.9. The zero-order valence-electron chi connectivity index (χ0n) is 12.5. The van der Waals surface area contributed by atoms with Gasteiger partial charge in [-0.3, -0.25) is 0 Å². The molecular weight excluding hydrogens is 274 g/mol. The van der Waals surface area contributed by atoms with E-state index in [1.165, 1.54) is 0 Å². The number of hydrogen-bond acceptors (Lipinski definition) is 3. The van der Waals surface area contributed by atoms with Gasteiger partial charge in [0.25, 0.3) is 0 Å². The minimum absolute atomic E-state index is 0.243. The Hall–Kier alpha value is -0.910. The van der Waals surface area contributed by atoms with Gasteiger partial charge < -0.3 is 4.48 Å². The quantitative estimate of drug-likeness (QED) is 0.636. The van der Waals surface area contributed by atoms with Crippen LogP contribution in [0.1, 0.15) is 31.2 Å². The van der Waals surface area contributed by atoms with Gasteiger partial charge in [0.15, 0.2) is 0 Å². The zero-order chi connectivity index (χ0) is 14.8. The largest absolute Gasteiger partial charge is 0.302 e. The number of aryl methyl sites for hydroxylation is 1. The van der Waals surface area contributed by atoms with E-state index < -0.39 is 10.1 Å². The Kier molecular flexibility index (Phi) is 4.52. The van der Waals surface area contributed by atoms with Crippen molar-refractivity contribution in [3.05, 3.63) is 29.8 Å². The van der Waals surface area contributed by atoms with Crippen LogP contribution < -0.4 is 0 Å². The van der Waals surface area contributed by atoms with Crippen LogP contribution >= 0.6 is 0 Å². The lowest BCUT2D eigenvalue weighted by Crippen LogP contribution is -2.50. The van der Waals surface area contributed by atoms with Crippen molar-refractivity contribution in [2.24, 2.45) is 0 Å². The van der Waals surface area contributed by atoms with E-state index in [4.69, 9.17) is 4.18 Å². The number of rotatable bonds is 3. The highest BCUT2D eigenvalue weighted by atomic mass is 32.2. The molecule has 112 valence electrons. The van der Waals surface area contributed by atoms with Gasteiger partial charge in [-0.15, -0.1) is 0 Å². The van der Waals surface area contributed by atoms with Crippen LogP contribution in [0.5, 0.6) is 0 Å². The summed E-state index contributed by atoms with van der Waals surface area (Å²) in [6.07, 6.45) is 3.79. The molecule has 0 bridgehead atoms. The third kappa shape index (κ3) is 3.59. The molecule has 0 spiro atoms. The van der Waals surface area contributed by atoms with Crippen molar-refractivity contribution in [3.8, 4) is 0 Å². The molecule has 0 amide bonds. The summed E-state index contributed by atoms with van der Waals surface area (Å²) in [7, 11) is 0.405. The van der Waals surface area contributed by atoms with Gasteiger partial charge in [0, 0.05) is 6.42 Å². The molecule has 1 unspecified atom stereocenters. The number of likely N-dealkylation sites (tertiary alicyclic amines) is 1. The molecule has 1 aliphatic heterocycles. The van der Waals surface area contributed by atoms with E-state index in [2.05, 4.69) is 0 Å². The topological polar surface area (TPSA) is 43.4 Å². The maximum Gasteiger partial charge on any atom is 0.301 e. The Morgan fingerprint density at radius 2 is 1.75 bits per heavy atom. The smallest absolute Gasteiger partial charge is 0.301 e. The fourth-order valence-corrected chi connectivity index (χ4v) is 3.78. The van der Waals surface area contributed by atoms with Crippen LogP contribution in [0, 0.1) is 6.92 Å². The second-order valence-corrected chi connectivity index (χ2v) is 7.74. The molecule has 1 saturated heterocycles. The second kappa shape index (κ2) is 5.84. The molecule has 1 aromatic rings. The third-order valence-electron chi connectivity index (χ3n) is 4.01. The summed E-state index contributed by atoms with van der Waals surface area (Å²) in [4.78, 5) is 0.243. The molecule has 0 N–H and O–H groups in total. The van der Waals surface area contributed by atoms with Crippen LogP contribution in [-0.2, 0) is 14.3 Å². The first-order valence-electron chi connectivity index (χ1n) is 7.14. The standard InChI is InChI=1S/C15H24NO3S/c1-13-8-10-14(11-9-13)20(17,18)19-15-7-5-4-6-12-16(15,2)3/h8-11,15H,4-7,12H2,1-3H3/q+1. The highest BCUT2D eigenvalue weighted by molar-refractivity contribution is 7.86. The SMILES string of the molecule is Cc1ccc(S(=O)(=O)OC2CCCCC[N+]2(C)C)cc1. The fourth-order valence-electron chi connectivity index (χ4n) is 2.58. The van der Waals surface area contributed by atoms with Crippen molar-refractivity contribution in [3.63, 3.8) is 0 Å². The summed E-state index contributed by atoms with van der Waals surface area (Å²) in [5.74, 6) is 0. The van der Waals surface area contributed by atoms with E-state index in [1.807, 2.05) is 21.0 Å². The lowest BCUT2D eigenvalue weighted by molar-refractivity contribution is -0.932. The van der Waals surface area contributed by atoms with Crippen LogP contribution in [0.25, 0.3) is 0 Å². The fraction of sp³-hybridized carbons (Fsp3) is 0.600. The van der Waals surface area contributed by atoms with E-state index in [9.17, 15) is 8.42 Å². The van der Waals surface area contributed by atoms with Crippen molar-refractivity contribution in [1.29, 1.82) is 0 Å². The van der Waals surface area contributed by atoms with Gasteiger partial charge in [0.1, 0.15) is 0 Å². The average Bonchev–Trinajstić information content (AvgIpc) is 2.52. The van der Waals surface area contributed by atoms with Crippen molar-refractivity contribution < 1.29 is 17.1 Å². The Bertz CT molecular complexity index is 549. The van der Waals surface area contributed by atoms with Gasteiger partial charge >= 0.3 is 10.1 Å². The zero-order valence-corrected chi connectivity index (χ0v) is 13.3. The molecule has 0 radical (unpaired) electrons. The number of hydrogen-bond donors (Lipinski definition) is 0. The molecule has 1 heterocycles. The Labute approximate surface area is 122 Å². The van der Waals surface area contributed by atoms with E-state index >= 15 is 0 Å². The molecule has 20 heavy (non-hydrogen) atoms. The van der Waals surface area contributed by atoms with E-state index in [0.717, 1.165) is 37.8 Å². The van der Waals surface area contributed by atoms with Gasteiger partial charge in [0.2, 0.25) is 6.23 Å². The second-order valence-electron chi connectivity index (χ2n) is 6.17. The summed E-state index contributed by atoms with van der Waals surface area (Å²) in [5.41, 5.74) is 1.04. The Morgan fingerprint density at radius 3 is 2.40 bits per heavy atom. The average molecular weight is 298 g/mol. The molecule has 0 aliphatic carbocycles. The van der Waals surface area contributed by atoms with Gasteiger partial charge in [-0.2, -0.15) is 8.42 Å².